The fourth-order valence-corrected chi connectivity index (χ4v) is 2.17. The van der Waals surface area contributed by atoms with E-state index in [2.05, 4.69) is 6.58 Å². The minimum Gasteiger partial charge on any atom is -0.507 e. The Hall–Kier alpha value is -2.70. The lowest BCUT2D eigenvalue weighted by atomic mass is 9.93. The van der Waals surface area contributed by atoms with Gasteiger partial charge in [0.1, 0.15) is 12.4 Å². The summed E-state index contributed by atoms with van der Waals surface area (Å²) in [4.78, 5) is 23.1. The van der Waals surface area contributed by atoms with Crippen LogP contribution in [0, 0.1) is 0 Å². The molecule has 1 atom stereocenters. The first kappa shape index (κ1) is 17.7. The Kier molecular flexibility index (Phi) is 5.68. The van der Waals surface area contributed by atoms with Gasteiger partial charge in [0.2, 0.25) is 0 Å². The lowest BCUT2D eigenvalue weighted by molar-refractivity contribution is -0.183. The first-order chi connectivity index (χ1) is 11.4. The predicted octanol–water partition coefficient (Wildman–Crippen LogP) is 1.92. The van der Waals surface area contributed by atoms with Crippen LogP contribution in [0.25, 0.3) is 5.76 Å². The molecule has 0 aromatic heterocycles. The van der Waals surface area contributed by atoms with Crippen molar-refractivity contribution in [3.63, 3.8) is 0 Å². The van der Waals surface area contributed by atoms with Crippen LogP contribution in [0.5, 0.6) is 0 Å². The van der Waals surface area contributed by atoms with Crippen molar-refractivity contribution in [2.45, 2.75) is 12.2 Å². The molecule has 1 aliphatic carbocycles. The monoisotopic (exact) mass is 330 g/mol. The molecular weight excluding hydrogens is 312 g/mol. The number of hydrogen-bond donors (Lipinski definition) is 2. The van der Waals surface area contributed by atoms with E-state index >= 15 is 0 Å². The third kappa shape index (κ3) is 4.41. The zero-order chi connectivity index (χ0) is 17.6. The quantitative estimate of drug-likeness (QED) is 0.272. The second-order valence-corrected chi connectivity index (χ2v) is 5.13. The van der Waals surface area contributed by atoms with E-state index in [-0.39, 0.29) is 31.0 Å². The second kappa shape index (κ2) is 7.72. The predicted molar refractivity (Wildman–Crippen MR) is 86.8 cm³/mol. The van der Waals surface area contributed by atoms with Gasteiger partial charge in [-0.25, -0.2) is 4.79 Å². The van der Waals surface area contributed by atoms with Gasteiger partial charge in [-0.1, -0.05) is 36.9 Å². The zero-order valence-corrected chi connectivity index (χ0v) is 13.0. The Morgan fingerprint density at radius 3 is 2.62 bits per heavy atom. The molecule has 1 aromatic carbocycles. The Labute approximate surface area is 139 Å². The van der Waals surface area contributed by atoms with Crippen LogP contribution in [-0.4, -0.2) is 41.0 Å². The molecule has 0 aliphatic heterocycles. The molecule has 2 rings (SSSR count). The highest BCUT2D eigenvalue weighted by Crippen LogP contribution is 2.28. The summed E-state index contributed by atoms with van der Waals surface area (Å²) in [5.74, 6) is -3.00. The van der Waals surface area contributed by atoms with Gasteiger partial charge < -0.3 is 19.7 Å². The maximum absolute atomic E-state index is 12.2. The van der Waals surface area contributed by atoms with Gasteiger partial charge in [-0.15, -0.1) is 0 Å². The number of esters is 1. The van der Waals surface area contributed by atoms with E-state index in [1.165, 1.54) is 12.2 Å². The Balaban J connectivity index is 2.04. The molecule has 1 aromatic rings. The maximum Gasteiger partial charge on any atom is 0.330 e. The van der Waals surface area contributed by atoms with Crippen LogP contribution in [-0.2, 0) is 19.1 Å². The zero-order valence-electron chi connectivity index (χ0n) is 13.0. The van der Waals surface area contributed by atoms with Crippen molar-refractivity contribution in [3.8, 4) is 0 Å². The Morgan fingerprint density at radius 1 is 1.29 bits per heavy atom. The van der Waals surface area contributed by atoms with E-state index in [4.69, 9.17) is 9.47 Å². The summed E-state index contributed by atoms with van der Waals surface area (Å²) in [5.41, 5.74) is 0.612. The van der Waals surface area contributed by atoms with Gasteiger partial charge in [-0.3, -0.25) is 4.79 Å². The standard InChI is InChI=1S/C18H18O6/c1-2-16(20)23-10-11-24-18(22)9-8-14(15(19)12-18)17(21)13-6-4-3-5-7-13/h2-9,21-22H,1,10-12H2. The van der Waals surface area contributed by atoms with E-state index in [1.54, 1.807) is 30.3 Å². The minimum absolute atomic E-state index is 0.0762. The summed E-state index contributed by atoms with van der Waals surface area (Å²) >= 11 is 0. The third-order valence-corrected chi connectivity index (χ3v) is 3.37. The number of carbonyl (C=O) groups is 2. The first-order valence-corrected chi connectivity index (χ1v) is 7.32. The molecular formula is C18H18O6. The molecule has 24 heavy (non-hydrogen) atoms. The number of ketones is 1. The van der Waals surface area contributed by atoms with Crippen molar-refractivity contribution in [1.29, 1.82) is 0 Å². The minimum atomic E-state index is -1.79. The summed E-state index contributed by atoms with van der Waals surface area (Å²) in [6, 6.07) is 8.63. The largest absolute Gasteiger partial charge is 0.507 e. The summed E-state index contributed by atoms with van der Waals surface area (Å²) in [6.45, 7) is 3.09. The summed E-state index contributed by atoms with van der Waals surface area (Å²) in [7, 11) is 0. The molecule has 0 heterocycles. The Morgan fingerprint density at radius 2 is 2.00 bits per heavy atom. The molecule has 0 saturated heterocycles. The van der Waals surface area contributed by atoms with Crippen molar-refractivity contribution in [1.82, 2.24) is 0 Å². The van der Waals surface area contributed by atoms with E-state index in [0.717, 1.165) is 6.08 Å². The van der Waals surface area contributed by atoms with E-state index < -0.39 is 17.5 Å². The van der Waals surface area contributed by atoms with Gasteiger partial charge in [0.05, 0.1) is 18.6 Å². The smallest absolute Gasteiger partial charge is 0.330 e. The molecule has 0 radical (unpaired) electrons. The molecule has 126 valence electrons. The topological polar surface area (TPSA) is 93.1 Å². The van der Waals surface area contributed by atoms with Crippen molar-refractivity contribution in [2.75, 3.05) is 13.2 Å². The maximum atomic E-state index is 12.2. The van der Waals surface area contributed by atoms with Crippen LogP contribution < -0.4 is 0 Å². The number of carbonyl (C=O) groups excluding carboxylic acids is 2. The normalized spacial score (nSPS) is 22.1. The molecule has 6 heteroatoms. The summed E-state index contributed by atoms with van der Waals surface area (Å²) in [6.07, 6.45) is 3.29. The first-order valence-electron chi connectivity index (χ1n) is 7.32. The van der Waals surface area contributed by atoms with Crippen molar-refractivity contribution >= 4 is 17.5 Å². The summed E-state index contributed by atoms with van der Waals surface area (Å²) < 4.78 is 9.92. The van der Waals surface area contributed by atoms with E-state index in [1.807, 2.05) is 0 Å². The van der Waals surface area contributed by atoms with Gasteiger partial charge in [0.15, 0.2) is 11.6 Å². The molecule has 0 bridgehead atoms. The fourth-order valence-electron chi connectivity index (χ4n) is 2.17. The van der Waals surface area contributed by atoms with Gasteiger partial charge in [-0.05, 0) is 12.2 Å². The van der Waals surface area contributed by atoms with E-state index in [9.17, 15) is 19.8 Å². The number of hydrogen-bond acceptors (Lipinski definition) is 6. The average Bonchev–Trinajstić information content (AvgIpc) is 2.59. The number of benzene rings is 1. The van der Waals surface area contributed by atoms with Gasteiger partial charge >= 0.3 is 5.97 Å². The molecule has 2 N–H and O–H groups in total. The number of aliphatic hydroxyl groups is 2. The number of rotatable bonds is 6. The van der Waals surface area contributed by atoms with Crippen LogP contribution in [0.4, 0.5) is 0 Å². The molecule has 1 unspecified atom stereocenters. The second-order valence-electron chi connectivity index (χ2n) is 5.13. The Bertz CT molecular complexity index is 689. The lowest BCUT2D eigenvalue weighted by Gasteiger charge is -2.27. The van der Waals surface area contributed by atoms with Gasteiger partial charge in [0.25, 0.3) is 0 Å². The number of Topliss-reactive ketones (excluding diaryl/α,β-unsaturated/α-hetero) is 1. The van der Waals surface area contributed by atoms with Crippen molar-refractivity contribution in [3.05, 3.63) is 66.3 Å². The van der Waals surface area contributed by atoms with Gasteiger partial charge in [-0.2, -0.15) is 0 Å². The van der Waals surface area contributed by atoms with Crippen LogP contribution in [0.2, 0.25) is 0 Å². The average molecular weight is 330 g/mol. The number of ether oxygens (including phenoxy) is 2. The molecule has 0 saturated carbocycles. The molecule has 0 spiro atoms. The number of aliphatic hydroxyl groups excluding tert-OH is 1. The van der Waals surface area contributed by atoms with Crippen molar-refractivity contribution in [2.24, 2.45) is 0 Å². The molecule has 0 amide bonds. The van der Waals surface area contributed by atoms with Gasteiger partial charge in [0, 0.05) is 11.6 Å². The van der Waals surface area contributed by atoms with Crippen LogP contribution in [0.3, 0.4) is 0 Å². The highest BCUT2D eigenvalue weighted by atomic mass is 16.6. The summed E-state index contributed by atoms with van der Waals surface area (Å²) in [5, 5.41) is 20.4. The highest BCUT2D eigenvalue weighted by Gasteiger charge is 2.34. The molecule has 0 fully saturated rings. The fraction of sp³-hybridized carbons (Fsp3) is 0.222. The number of allylic oxidation sites excluding steroid dienone is 2. The van der Waals surface area contributed by atoms with Crippen LogP contribution in [0.15, 0.2) is 60.7 Å². The van der Waals surface area contributed by atoms with E-state index in [0.29, 0.717) is 5.56 Å². The third-order valence-electron chi connectivity index (χ3n) is 3.37. The van der Waals surface area contributed by atoms with Crippen molar-refractivity contribution < 1.29 is 29.3 Å². The van der Waals surface area contributed by atoms with Crippen LogP contribution in [0.1, 0.15) is 12.0 Å². The SMILES string of the molecule is C=CC(=O)OCCOC1(O)C=CC(=C(O)c2ccccc2)C(=O)C1. The molecule has 6 nitrogen and oxygen atoms in total. The molecule has 1 aliphatic rings. The lowest BCUT2D eigenvalue weighted by Crippen LogP contribution is -2.37. The highest BCUT2D eigenvalue weighted by molar-refractivity contribution is 6.05. The van der Waals surface area contributed by atoms with Crippen LogP contribution >= 0.6 is 0 Å².